The first-order valence-corrected chi connectivity index (χ1v) is 4.45. The molecule has 0 amide bonds. The van der Waals surface area contributed by atoms with E-state index in [0.717, 1.165) is 7.11 Å². The lowest BCUT2D eigenvalue weighted by atomic mass is 9.87. The number of aliphatic carboxylic acids is 1. The lowest BCUT2D eigenvalue weighted by molar-refractivity contribution is -0.165. The summed E-state index contributed by atoms with van der Waals surface area (Å²) in [6.07, 6.45) is -0.164. The fourth-order valence-electron chi connectivity index (χ4n) is 1.17. The molecule has 1 unspecified atom stereocenters. The summed E-state index contributed by atoms with van der Waals surface area (Å²) in [5, 5.41) is 20.0. The molecule has 0 aliphatic rings. The maximum Gasteiger partial charge on any atom is 0.323 e. The highest BCUT2D eigenvalue weighted by Crippen LogP contribution is 2.22. The molecule has 1 aromatic rings. The molecule has 0 aliphatic carbocycles. The third kappa shape index (κ3) is 2.15. The summed E-state index contributed by atoms with van der Waals surface area (Å²) >= 11 is 0. The summed E-state index contributed by atoms with van der Waals surface area (Å²) in [6.45, 7) is 1.26. The lowest BCUT2D eigenvalue weighted by Gasteiger charge is -2.19. The second-order valence-corrected chi connectivity index (χ2v) is 3.50. The predicted octanol–water partition coefficient (Wildman–Crippen LogP) is -0.983. The maximum atomic E-state index is 11.4. The molecule has 0 spiro atoms. The van der Waals surface area contributed by atoms with E-state index in [1.165, 1.54) is 11.7 Å². The van der Waals surface area contributed by atoms with Crippen LogP contribution < -0.4 is 0 Å². The first-order chi connectivity index (χ1) is 7.40. The van der Waals surface area contributed by atoms with Crippen LogP contribution >= 0.6 is 0 Å². The van der Waals surface area contributed by atoms with Crippen molar-refractivity contribution in [3.63, 3.8) is 0 Å². The number of carbonyl (C=O) groups is 2. The van der Waals surface area contributed by atoms with Crippen molar-refractivity contribution in [1.82, 2.24) is 20.2 Å². The number of nitrogens with zero attached hydrogens (tertiary/aromatic N) is 4. The van der Waals surface area contributed by atoms with Crippen LogP contribution in [0.25, 0.3) is 0 Å². The topological polar surface area (TPSA) is 107 Å². The normalized spacial score (nSPS) is 14.2. The van der Waals surface area contributed by atoms with Gasteiger partial charge in [0.1, 0.15) is 0 Å². The highest BCUT2D eigenvalue weighted by molar-refractivity contribution is 5.98. The van der Waals surface area contributed by atoms with E-state index in [-0.39, 0.29) is 12.2 Å². The minimum Gasteiger partial charge on any atom is -0.480 e. The zero-order valence-electron chi connectivity index (χ0n) is 9.17. The van der Waals surface area contributed by atoms with Gasteiger partial charge in [0.05, 0.1) is 14.2 Å². The monoisotopic (exact) mass is 228 g/mol. The van der Waals surface area contributed by atoms with Crippen LogP contribution in [-0.4, -0.2) is 44.4 Å². The standard InChI is InChI=1S/C8H12N4O4/c1-8(6(13)14,7(15)16-3)4-5-9-11-12(2)10-5/h4H2,1-3H3,(H,13,14). The molecular formula is C8H12N4O4. The first-order valence-electron chi connectivity index (χ1n) is 4.45. The van der Waals surface area contributed by atoms with E-state index in [9.17, 15) is 9.59 Å². The Labute approximate surface area is 91.2 Å². The Hall–Kier alpha value is -1.99. The van der Waals surface area contributed by atoms with Gasteiger partial charge in [-0.1, -0.05) is 0 Å². The molecule has 88 valence electrons. The number of tetrazole rings is 1. The van der Waals surface area contributed by atoms with Crippen LogP contribution in [0.4, 0.5) is 0 Å². The lowest BCUT2D eigenvalue weighted by Crippen LogP contribution is -2.39. The van der Waals surface area contributed by atoms with Gasteiger partial charge in [0.25, 0.3) is 0 Å². The summed E-state index contributed by atoms with van der Waals surface area (Å²) < 4.78 is 4.45. The van der Waals surface area contributed by atoms with E-state index in [1.54, 1.807) is 7.05 Å². The van der Waals surface area contributed by atoms with E-state index >= 15 is 0 Å². The van der Waals surface area contributed by atoms with Crippen molar-refractivity contribution in [2.24, 2.45) is 12.5 Å². The minimum absolute atomic E-state index is 0.164. The number of rotatable bonds is 4. The number of aryl methyl sites for hydroxylation is 1. The highest BCUT2D eigenvalue weighted by Gasteiger charge is 2.44. The molecule has 0 bridgehead atoms. The van der Waals surface area contributed by atoms with Crippen LogP contribution in [0.15, 0.2) is 0 Å². The van der Waals surface area contributed by atoms with Gasteiger partial charge in [-0.2, -0.15) is 4.80 Å². The SMILES string of the molecule is COC(=O)C(C)(Cc1nnn(C)n1)C(=O)O. The Balaban J connectivity index is 2.96. The third-order valence-corrected chi connectivity index (χ3v) is 2.17. The van der Waals surface area contributed by atoms with E-state index in [0.29, 0.717) is 0 Å². The minimum atomic E-state index is -1.70. The van der Waals surface area contributed by atoms with Crippen molar-refractivity contribution in [1.29, 1.82) is 0 Å². The number of methoxy groups -OCH3 is 1. The number of ether oxygens (including phenoxy) is 1. The number of aromatic nitrogens is 4. The number of carboxylic acid groups (broad SMARTS) is 1. The molecule has 0 radical (unpaired) electrons. The summed E-state index contributed by atoms with van der Waals surface area (Å²) in [5.41, 5.74) is -1.70. The van der Waals surface area contributed by atoms with E-state index in [2.05, 4.69) is 20.1 Å². The summed E-state index contributed by atoms with van der Waals surface area (Å²) in [6, 6.07) is 0. The molecule has 8 nitrogen and oxygen atoms in total. The van der Waals surface area contributed by atoms with E-state index in [4.69, 9.17) is 5.11 Å². The van der Waals surface area contributed by atoms with Crippen LogP contribution in [0.1, 0.15) is 12.7 Å². The average Bonchev–Trinajstić information content (AvgIpc) is 2.62. The van der Waals surface area contributed by atoms with Crippen molar-refractivity contribution < 1.29 is 19.4 Å². The molecule has 8 heteroatoms. The molecule has 1 N–H and O–H groups in total. The summed E-state index contributed by atoms with van der Waals surface area (Å²) in [7, 11) is 2.68. The van der Waals surface area contributed by atoms with Crippen molar-refractivity contribution in [3.05, 3.63) is 5.82 Å². The molecule has 1 heterocycles. The van der Waals surface area contributed by atoms with Gasteiger partial charge in [-0.15, -0.1) is 10.2 Å². The van der Waals surface area contributed by atoms with Gasteiger partial charge in [0.2, 0.25) is 0 Å². The van der Waals surface area contributed by atoms with Crippen LogP contribution in [0.2, 0.25) is 0 Å². The molecule has 1 atom stereocenters. The molecule has 0 aromatic carbocycles. The maximum absolute atomic E-state index is 11.4. The molecular weight excluding hydrogens is 216 g/mol. The first kappa shape index (κ1) is 12.1. The fourth-order valence-corrected chi connectivity index (χ4v) is 1.17. The number of hydrogen-bond acceptors (Lipinski definition) is 6. The Kier molecular flexibility index (Phi) is 3.21. The Morgan fingerprint density at radius 3 is 2.56 bits per heavy atom. The van der Waals surface area contributed by atoms with E-state index in [1.807, 2.05) is 0 Å². The number of hydrogen-bond donors (Lipinski definition) is 1. The highest BCUT2D eigenvalue weighted by atomic mass is 16.5. The molecule has 0 saturated carbocycles. The zero-order valence-corrected chi connectivity index (χ0v) is 9.17. The fraction of sp³-hybridized carbons (Fsp3) is 0.625. The largest absolute Gasteiger partial charge is 0.480 e. The Morgan fingerprint density at radius 1 is 1.56 bits per heavy atom. The molecule has 0 saturated heterocycles. The van der Waals surface area contributed by atoms with Gasteiger partial charge in [-0.25, -0.2) is 0 Å². The predicted molar refractivity (Wildman–Crippen MR) is 50.3 cm³/mol. The second kappa shape index (κ2) is 4.25. The number of carboxylic acids is 1. The molecule has 1 aromatic heterocycles. The van der Waals surface area contributed by atoms with Crippen molar-refractivity contribution in [2.75, 3.05) is 7.11 Å². The van der Waals surface area contributed by atoms with Crippen LogP contribution in [-0.2, 0) is 27.8 Å². The van der Waals surface area contributed by atoms with Crippen LogP contribution in [0.5, 0.6) is 0 Å². The average molecular weight is 228 g/mol. The molecule has 0 fully saturated rings. The van der Waals surface area contributed by atoms with Crippen molar-refractivity contribution >= 4 is 11.9 Å². The summed E-state index contributed by atoms with van der Waals surface area (Å²) in [4.78, 5) is 23.6. The smallest absolute Gasteiger partial charge is 0.323 e. The van der Waals surface area contributed by atoms with Crippen molar-refractivity contribution in [3.8, 4) is 0 Å². The van der Waals surface area contributed by atoms with Gasteiger partial charge in [0, 0.05) is 6.42 Å². The van der Waals surface area contributed by atoms with Gasteiger partial charge in [-0.05, 0) is 12.1 Å². The van der Waals surface area contributed by atoms with Gasteiger partial charge >= 0.3 is 11.9 Å². The van der Waals surface area contributed by atoms with Gasteiger partial charge < -0.3 is 9.84 Å². The van der Waals surface area contributed by atoms with Gasteiger partial charge in [0.15, 0.2) is 11.2 Å². The second-order valence-electron chi connectivity index (χ2n) is 3.50. The number of carbonyl (C=O) groups excluding carboxylic acids is 1. The Bertz CT molecular complexity index is 416. The third-order valence-electron chi connectivity index (χ3n) is 2.17. The summed E-state index contributed by atoms with van der Waals surface area (Å²) in [5.74, 6) is -1.95. The quantitative estimate of drug-likeness (QED) is 0.521. The zero-order chi connectivity index (χ0) is 12.3. The van der Waals surface area contributed by atoms with Crippen LogP contribution in [0, 0.1) is 5.41 Å². The van der Waals surface area contributed by atoms with Gasteiger partial charge in [-0.3, -0.25) is 9.59 Å². The molecule has 0 aliphatic heterocycles. The van der Waals surface area contributed by atoms with Crippen molar-refractivity contribution in [2.45, 2.75) is 13.3 Å². The van der Waals surface area contributed by atoms with Crippen LogP contribution in [0.3, 0.4) is 0 Å². The molecule has 1 rings (SSSR count). The Morgan fingerprint density at radius 2 is 2.19 bits per heavy atom. The molecule has 16 heavy (non-hydrogen) atoms. The van der Waals surface area contributed by atoms with E-state index < -0.39 is 17.4 Å². The number of esters is 1.